The molecule has 1 fully saturated rings. The number of nitro groups is 1. The molecular formula is C23H25N5O5S. The molecule has 0 atom stereocenters. The average molecular weight is 484 g/mol. The van der Waals surface area contributed by atoms with Crippen LogP contribution in [0.25, 0.3) is 5.82 Å². The van der Waals surface area contributed by atoms with E-state index in [-0.39, 0.29) is 42.7 Å². The molecule has 11 heteroatoms. The van der Waals surface area contributed by atoms with Crippen molar-refractivity contribution in [3.63, 3.8) is 0 Å². The van der Waals surface area contributed by atoms with E-state index in [1.165, 1.54) is 16.4 Å². The topological polar surface area (TPSA) is 119 Å². The summed E-state index contributed by atoms with van der Waals surface area (Å²) in [4.78, 5) is 29.7. The number of piperazine rings is 1. The zero-order chi connectivity index (χ0) is 24.6. The Morgan fingerprint density at radius 2 is 1.74 bits per heavy atom. The Morgan fingerprint density at radius 1 is 1.03 bits per heavy atom. The molecule has 0 unspecified atom stereocenters. The highest BCUT2D eigenvalue weighted by atomic mass is 32.2. The van der Waals surface area contributed by atoms with Gasteiger partial charge in [-0.3, -0.25) is 14.9 Å². The van der Waals surface area contributed by atoms with Gasteiger partial charge in [-0.05, 0) is 44.5 Å². The number of pyridine rings is 1. The van der Waals surface area contributed by atoms with Gasteiger partial charge in [0.25, 0.3) is 11.6 Å². The van der Waals surface area contributed by atoms with Gasteiger partial charge in [-0.1, -0.05) is 12.1 Å². The third-order valence-electron chi connectivity index (χ3n) is 6.07. The van der Waals surface area contributed by atoms with Gasteiger partial charge in [0.2, 0.25) is 10.0 Å². The van der Waals surface area contributed by atoms with Gasteiger partial charge in [-0.2, -0.15) is 4.31 Å². The van der Waals surface area contributed by atoms with Crippen LogP contribution in [-0.2, 0) is 10.0 Å². The SMILES string of the molecule is Cc1ccc([N+](=O)[O-])cc1S(=O)(=O)N1CCN(C(=O)c2cc(C)n(-c3ccccn3)c2C)CC1. The third-order valence-corrected chi connectivity index (χ3v) is 8.11. The largest absolute Gasteiger partial charge is 0.336 e. The van der Waals surface area contributed by atoms with Crippen LogP contribution in [0.4, 0.5) is 5.69 Å². The van der Waals surface area contributed by atoms with Crippen molar-refractivity contribution >= 4 is 21.6 Å². The van der Waals surface area contributed by atoms with Gasteiger partial charge in [0.05, 0.1) is 15.4 Å². The minimum Gasteiger partial charge on any atom is -0.336 e. The lowest BCUT2D eigenvalue weighted by atomic mass is 10.2. The van der Waals surface area contributed by atoms with Crippen LogP contribution < -0.4 is 0 Å². The number of amides is 1. The van der Waals surface area contributed by atoms with Crippen molar-refractivity contribution in [2.45, 2.75) is 25.7 Å². The van der Waals surface area contributed by atoms with E-state index in [1.807, 2.05) is 42.7 Å². The summed E-state index contributed by atoms with van der Waals surface area (Å²) in [5, 5.41) is 11.1. The van der Waals surface area contributed by atoms with Crippen LogP contribution in [0.2, 0.25) is 0 Å². The molecule has 1 saturated heterocycles. The predicted molar refractivity (Wildman–Crippen MR) is 126 cm³/mol. The summed E-state index contributed by atoms with van der Waals surface area (Å²) in [6.45, 7) is 6.03. The van der Waals surface area contributed by atoms with E-state index >= 15 is 0 Å². The molecular weight excluding hydrogens is 458 g/mol. The number of hydrogen-bond acceptors (Lipinski definition) is 6. The molecule has 1 aromatic carbocycles. The van der Waals surface area contributed by atoms with Crippen molar-refractivity contribution in [3.05, 3.63) is 81.3 Å². The fourth-order valence-corrected chi connectivity index (χ4v) is 5.91. The van der Waals surface area contributed by atoms with E-state index in [2.05, 4.69) is 4.98 Å². The van der Waals surface area contributed by atoms with E-state index in [0.717, 1.165) is 23.3 Å². The summed E-state index contributed by atoms with van der Waals surface area (Å²) in [5.74, 6) is 0.554. The van der Waals surface area contributed by atoms with Crippen molar-refractivity contribution < 1.29 is 18.1 Å². The Kier molecular flexibility index (Phi) is 6.24. The summed E-state index contributed by atoms with van der Waals surface area (Å²) in [5.41, 5.74) is 2.35. The Labute approximate surface area is 197 Å². The van der Waals surface area contributed by atoms with Crippen LogP contribution in [0.5, 0.6) is 0 Å². The molecule has 0 N–H and O–H groups in total. The molecule has 1 aliphatic heterocycles. The van der Waals surface area contributed by atoms with Gasteiger partial charge >= 0.3 is 0 Å². The Morgan fingerprint density at radius 3 is 2.35 bits per heavy atom. The van der Waals surface area contributed by atoms with Crippen molar-refractivity contribution in [1.29, 1.82) is 0 Å². The van der Waals surface area contributed by atoms with Crippen LogP contribution in [0.1, 0.15) is 27.3 Å². The molecule has 0 aliphatic carbocycles. The lowest BCUT2D eigenvalue weighted by Gasteiger charge is -2.34. The number of carbonyl (C=O) groups excluding carboxylic acids is 1. The second-order valence-electron chi connectivity index (χ2n) is 8.21. The Bertz CT molecular complexity index is 1360. The van der Waals surface area contributed by atoms with Crippen LogP contribution in [0.15, 0.2) is 53.6 Å². The van der Waals surface area contributed by atoms with Gasteiger partial charge in [0, 0.05) is 55.9 Å². The smallest absolute Gasteiger partial charge is 0.270 e. The van der Waals surface area contributed by atoms with Crippen LogP contribution in [-0.4, -0.2) is 64.2 Å². The number of aryl methyl sites for hydroxylation is 2. The monoisotopic (exact) mass is 483 g/mol. The number of sulfonamides is 1. The maximum atomic E-state index is 13.3. The number of rotatable bonds is 5. The minimum absolute atomic E-state index is 0.0830. The molecule has 0 spiro atoms. The number of carbonyl (C=O) groups is 1. The predicted octanol–water partition coefficient (Wildman–Crippen LogP) is 2.85. The van der Waals surface area contributed by atoms with Crippen molar-refractivity contribution in [1.82, 2.24) is 18.8 Å². The lowest BCUT2D eigenvalue weighted by Crippen LogP contribution is -2.50. The number of hydrogen-bond donors (Lipinski definition) is 0. The molecule has 34 heavy (non-hydrogen) atoms. The first-order chi connectivity index (χ1) is 16.1. The highest BCUT2D eigenvalue weighted by Crippen LogP contribution is 2.26. The molecule has 0 bridgehead atoms. The van der Waals surface area contributed by atoms with Gasteiger partial charge in [0.1, 0.15) is 5.82 Å². The van der Waals surface area contributed by atoms with Crippen LogP contribution >= 0.6 is 0 Å². The highest BCUT2D eigenvalue weighted by molar-refractivity contribution is 7.89. The quantitative estimate of drug-likeness (QED) is 0.407. The summed E-state index contributed by atoms with van der Waals surface area (Å²) in [6.07, 6.45) is 1.69. The molecule has 3 heterocycles. The Balaban J connectivity index is 1.52. The van der Waals surface area contributed by atoms with Gasteiger partial charge in [0.15, 0.2) is 0 Å². The second kappa shape index (κ2) is 8.99. The van der Waals surface area contributed by atoms with E-state index in [4.69, 9.17) is 0 Å². The van der Waals surface area contributed by atoms with Crippen molar-refractivity contribution in [2.75, 3.05) is 26.2 Å². The number of nitro benzene ring substituents is 1. The maximum absolute atomic E-state index is 13.3. The molecule has 1 amide bonds. The first-order valence-electron chi connectivity index (χ1n) is 10.8. The normalized spacial score (nSPS) is 14.9. The average Bonchev–Trinajstić information content (AvgIpc) is 3.12. The van der Waals surface area contributed by atoms with E-state index in [9.17, 15) is 23.3 Å². The van der Waals surface area contributed by atoms with Crippen molar-refractivity contribution in [2.24, 2.45) is 0 Å². The third kappa shape index (κ3) is 4.19. The molecule has 0 radical (unpaired) electrons. The molecule has 178 valence electrons. The number of aromatic nitrogens is 2. The highest BCUT2D eigenvalue weighted by Gasteiger charge is 2.33. The molecule has 2 aromatic heterocycles. The first kappa shape index (κ1) is 23.6. The summed E-state index contributed by atoms with van der Waals surface area (Å²) < 4.78 is 29.5. The zero-order valence-electron chi connectivity index (χ0n) is 19.1. The van der Waals surface area contributed by atoms with Gasteiger partial charge < -0.3 is 9.47 Å². The van der Waals surface area contributed by atoms with Gasteiger partial charge in [-0.15, -0.1) is 0 Å². The maximum Gasteiger partial charge on any atom is 0.270 e. The fraction of sp³-hybridized carbons (Fsp3) is 0.304. The summed E-state index contributed by atoms with van der Waals surface area (Å²) in [6, 6.07) is 11.2. The number of benzene rings is 1. The number of non-ortho nitro benzene ring substituents is 1. The first-order valence-corrected chi connectivity index (χ1v) is 12.2. The Hall–Kier alpha value is -3.57. The number of nitrogens with zero attached hydrogens (tertiary/aromatic N) is 5. The molecule has 4 rings (SSSR count). The minimum atomic E-state index is -3.93. The van der Waals surface area contributed by atoms with E-state index in [0.29, 0.717) is 11.1 Å². The van der Waals surface area contributed by atoms with Crippen molar-refractivity contribution in [3.8, 4) is 5.82 Å². The fourth-order valence-electron chi connectivity index (χ4n) is 4.24. The molecule has 3 aromatic rings. The second-order valence-corrected chi connectivity index (χ2v) is 10.1. The molecule has 0 saturated carbocycles. The van der Waals surface area contributed by atoms with Crippen LogP contribution in [0, 0.1) is 30.9 Å². The van der Waals surface area contributed by atoms with E-state index < -0.39 is 14.9 Å². The summed E-state index contributed by atoms with van der Waals surface area (Å²) >= 11 is 0. The standard InChI is InChI=1S/C23H25N5O5S/c1-16-7-8-19(28(30)31)15-21(16)34(32,33)26-12-10-25(11-13-26)23(29)20-14-17(2)27(18(20)3)22-6-4-5-9-24-22/h4-9,14-15H,10-13H2,1-3H3. The van der Waals surface area contributed by atoms with E-state index in [1.54, 1.807) is 18.0 Å². The summed E-state index contributed by atoms with van der Waals surface area (Å²) in [7, 11) is -3.93. The molecule has 10 nitrogen and oxygen atoms in total. The zero-order valence-corrected chi connectivity index (χ0v) is 19.9. The van der Waals surface area contributed by atoms with Crippen LogP contribution in [0.3, 0.4) is 0 Å². The van der Waals surface area contributed by atoms with Gasteiger partial charge in [-0.25, -0.2) is 13.4 Å². The lowest BCUT2D eigenvalue weighted by molar-refractivity contribution is -0.385. The molecule has 1 aliphatic rings.